The Kier molecular flexibility index (Phi) is 2.88. The zero-order valence-electron chi connectivity index (χ0n) is 9.51. The number of halogens is 1. The molecule has 0 aliphatic heterocycles. The van der Waals surface area contributed by atoms with E-state index in [4.69, 9.17) is 21.8 Å². The third-order valence-corrected chi connectivity index (χ3v) is 3.57. The fraction of sp³-hybridized carbons (Fsp3) is 0. The van der Waals surface area contributed by atoms with Gasteiger partial charge in [0.2, 0.25) is 0 Å². The monoisotopic (exact) mass is 293 g/mol. The molecule has 0 aliphatic carbocycles. The van der Waals surface area contributed by atoms with Crippen LogP contribution >= 0.6 is 22.9 Å². The first-order chi connectivity index (χ1) is 9.11. The summed E-state index contributed by atoms with van der Waals surface area (Å²) in [4.78, 5) is 16.1. The average Bonchev–Trinajstić information content (AvgIpc) is 2.94. The van der Waals surface area contributed by atoms with Crippen LogP contribution in [0.2, 0.25) is 5.22 Å². The lowest BCUT2D eigenvalue weighted by atomic mass is 10.3. The highest BCUT2D eigenvalue weighted by Crippen LogP contribution is 2.28. The third-order valence-electron chi connectivity index (χ3n) is 2.43. The highest BCUT2D eigenvalue weighted by atomic mass is 35.5. The molecule has 3 N–H and O–H groups in total. The summed E-state index contributed by atoms with van der Waals surface area (Å²) >= 11 is 6.96. The topological polar surface area (TPSA) is 81.1 Å². The summed E-state index contributed by atoms with van der Waals surface area (Å²) in [5.41, 5.74) is 7.13. The number of carbonyl (C=O) groups excluding carboxylic acids is 1. The molecule has 0 saturated heterocycles. The fourth-order valence-corrected chi connectivity index (χ4v) is 2.65. The van der Waals surface area contributed by atoms with E-state index in [9.17, 15) is 4.79 Å². The number of nitrogens with one attached hydrogen (secondary N) is 1. The van der Waals surface area contributed by atoms with E-state index < -0.39 is 0 Å². The van der Waals surface area contributed by atoms with Crippen LogP contribution in [0.3, 0.4) is 0 Å². The van der Waals surface area contributed by atoms with Crippen molar-refractivity contribution in [2.75, 3.05) is 11.1 Å². The van der Waals surface area contributed by atoms with Gasteiger partial charge in [0, 0.05) is 5.69 Å². The van der Waals surface area contributed by atoms with Crippen molar-refractivity contribution in [1.29, 1.82) is 0 Å². The van der Waals surface area contributed by atoms with Crippen molar-refractivity contribution in [3.05, 3.63) is 41.3 Å². The van der Waals surface area contributed by atoms with Gasteiger partial charge in [0.15, 0.2) is 16.1 Å². The number of nitrogen functional groups attached to an aromatic ring is 1. The SMILES string of the molecule is Nc1ccc2nc(NC(=O)c3ccc(Cl)o3)sc2c1. The van der Waals surface area contributed by atoms with E-state index in [0.29, 0.717) is 10.8 Å². The highest BCUT2D eigenvalue weighted by molar-refractivity contribution is 7.22. The van der Waals surface area contributed by atoms with Crippen LogP contribution in [0.5, 0.6) is 0 Å². The normalized spacial score (nSPS) is 10.8. The molecule has 19 heavy (non-hydrogen) atoms. The van der Waals surface area contributed by atoms with Crippen LogP contribution < -0.4 is 11.1 Å². The van der Waals surface area contributed by atoms with Crippen molar-refractivity contribution in [3.8, 4) is 0 Å². The molecular weight excluding hydrogens is 286 g/mol. The largest absolute Gasteiger partial charge is 0.440 e. The first kappa shape index (κ1) is 12.0. The van der Waals surface area contributed by atoms with E-state index in [-0.39, 0.29) is 16.9 Å². The number of furan rings is 1. The summed E-state index contributed by atoms with van der Waals surface area (Å²) in [6.07, 6.45) is 0. The molecule has 0 bridgehead atoms. The van der Waals surface area contributed by atoms with Crippen LogP contribution in [0.1, 0.15) is 10.6 Å². The maximum atomic E-state index is 11.8. The summed E-state index contributed by atoms with van der Waals surface area (Å²) in [5.74, 6) is -0.248. The van der Waals surface area contributed by atoms with Gasteiger partial charge in [-0.2, -0.15) is 0 Å². The van der Waals surface area contributed by atoms with Gasteiger partial charge in [-0.25, -0.2) is 4.98 Å². The van der Waals surface area contributed by atoms with Gasteiger partial charge in [0.05, 0.1) is 10.2 Å². The molecular formula is C12H8ClN3O2S. The van der Waals surface area contributed by atoms with E-state index in [0.717, 1.165) is 10.2 Å². The van der Waals surface area contributed by atoms with Crippen LogP contribution in [-0.2, 0) is 0 Å². The Hall–Kier alpha value is -2.05. The van der Waals surface area contributed by atoms with Gasteiger partial charge in [0.1, 0.15) is 0 Å². The third kappa shape index (κ3) is 2.40. The molecule has 7 heteroatoms. The molecule has 0 spiro atoms. The van der Waals surface area contributed by atoms with Crippen molar-refractivity contribution in [2.24, 2.45) is 0 Å². The minimum Gasteiger partial charge on any atom is -0.440 e. The van der Waals surface area contributed by atoms with Crippen LogP contribution in [-0.4, -0.2) is 10.9 Å². The number of hydrogen-bond donors (Lipinski definition) is 2. The van der Waals surface area contributed by atoms with Crippen molar-refractivity contribution in [1.82, 2.24) is 4.98 Å². The Morgan fingerprint density at radius 1 is 1.37 bits per heavy atom. The van der Waals surface area contributed by atoms with Crippen LogP contribution in [0.15, 0.2) is 34.7 Å². The number of carbonyl (C=O) groups is 1. The fourth-order valence-electron chi connectivity index (χ4n) is 1.59. The Balaban J connectivity index is 1.87. The van der Waals surface area contributed by atoms with Gasteiger partial charge in [-0.3, -0.25) is 10.1 Å². The Morgan fingerprint density at radius 2 is 2.21 bits per heavy atom. The van der Waals surface area contributed by atoms with Crippen LogP contribution in [0.25, 0.3) is 10.2 Å². The smallest absolute Gasteiger partial charge is 0.293 e. The number of amides is 1. The van der Waals surface area contributed by atoms with Gasteiger partial charge >= 0.3 is 0 Å². The summed E-state index contributed by atoms with van der Waals surface area (Å²) in [6, 6.07) is 8.39. The lowest BCUT2D eigenvalue weighted by Crippen LogP contribution is -2.10. The Morgan fingerprint density at radius 3 is 2.95 bits per heavy atom. The average molecular weight is 294 g/mol. The molecule has 1 amide bonds. The first-order valence-corrected chi connectivity index (χ1v) is 6.54. The minimum atomic E-state index is -0.390. The summed E-state index contributed by atoms with van der Waals surface area (Å²) in [5, 5.41) is 3.31. The quantitative estimate of drug-likeness (QED) is 0.710. The van der Waals surface area contributed by atoms with Crippen molar-refractivity contribution in [3.63, 3.8) is 0 Å². The second-order valence-corrected chi connectivity index (χ2v) is 5.21. The number of anilines is 2. The molecule has 3 rings (SSSR count). The van der Waals surface area contributed by atoms with E-state index in [1.165, 1.54) is 23.5 Å². The summed E-state index contributed by atoms with van der Waals surface area (Å²) in [7, 11) is 0. The molecule has 0 unspecified atom stereocenters. The lowest BCUT2D eigenvalue weighted by molar-refractivity contribution is 0.0997. The van der Waals surface area contributed by atoms with Crippen LogP contribution in [0.4, 0.5) is 10.8 Å². The number of aromatic nitrogens is 1. The molecule has 1 aromatic carbocycles. The van der Waals surface area contributed by atoms with Crippen LogP contribution in [0, 0.1) is 0 Å². The van der Waals surface area contributed by atoms with Gasteiger partial charge in [-0.1, -0.05) is 11.3 Å². The molecule has 0 radical (unpaired) electrons. The lowest BCUT2D eigenvalue weighted by Gasteiger charge is -1.96. The predicted molar refractivity (Wildman–Crippen MR) is 75.7 cm³/mol. The number of rotatable bonds is 2. The number of fused-ring (bicyclic) bond motifs is 1. The zero-order valence-corrected chi connectivity index (χ0v) is 11.1. The maximum absolute atomic E-state index is 11.8. The highest BCUT2D eigenvalue weighted by Gasteiger charge is 2.13. The molecule has 3 aromatic rings. The zero-order chi connectivity index (χ0) is 13.4. The Labute approximate surface area is 117 Å². The van der Waals surface area contributed by atoms with E-state index in [1.807, 2.05) is 6.07 Å². The molecule has 0 aliphatic rings. The van der Waals surface area contributed by atoms with E-state index >= 15 is 0 Å². The van der Waals surface area contributed by atoms with Crippen molar-refractivity contribution >= 4 is 49.9 Å². The standard InChI is InChI=1S/C12H8ClN3O2S/c13-10-4-3-8(18-10)11(17)16-12-15-7-2-1-6(14)5-9(7)19-12/h1-5H,14H2,(H,15,16,17). The molecule has 2 aromatic heterocycles. The molecule has 0 fully saturated rings. The first-order valence-electron chi connectivity index (χ1n) is 5.34. The number of thiazole rings is 1. The Bertz CT molecular complexity index is 765. The van der Waals surface area contributed by atoms with Crippen molar-refractivity contribution < 1.29 is 9.21 Å². The number of benzene rings is 1. The maximum Gasteiger partial charge on any atom is 0.293 e. The van der Waals surface area contributed by atoms with Gasteiger partial charge < -0.3 is 10.2 Å². The van der Waals surface area contributed by atoms with Gasteiger partial charge in [-0.15, -0.1) is 0 Å². The molecule has 0 atom stereocenters. The predicted octanol–water partition coefficient (Wildman–Crippen LogP) is 3.38. The number of nitrogens with zero attached hydrogens (tertiary/aromatic N) is 1. The van der Waals surface area contributed by atoms with Gasteiger partial charge in [-0.05, 0) is 41.9 Å². The van der Waals surface area contributed by atoms with E-state index in [1.54, 1.807) is 12.1 Å². The summed E-state index contributed by atoms with van der Waals surface area (Å²) in [6.45, 7) is 0. The number of nitrogens with two attached hydrogens (primary N) is 1. The number of hydrogen-bond acceptors (Lipinski definition) is 5. The van der Waals surface area contributed by atoms with Gasteiger partial charge in [0.25, 0.3) is 5.91 Å². The second kappa shape index (κ2) is 4.56. The second-order valence-electron chi connectivity index (χ2n) is 3.80. The van der Waals surface area contributed by atoms with E-state index in [2.05, 4.69) is 10.3 Å². The molecule has 0 saturated carbocycles. The minimum absolute atomic E-state index is 0.142. The van der Waals surface area contributed by atoms with Crippen molar-refractivity contribution in [2.45, 2.75) is 0 Å². The molecule has 2 heterocycles. The molecule has 96 valence electrons. The molecule has 5 nitrogen and oxygen atoms in total. The summed E-state index contributed by atoms with van der Waals surface area (Å²) < 4.78 is 5.93.